The van der Waals surface area contributed by atoms with Gasteiger partial charge in [-0.3, -0.25) is 0 Å². The van der Waals surface area contributed by atoms with E-state index in [2.05, 4.69) is 48.7 Å². The Labute approximate surface area is 106 Å². The molecule has 0 saturated carbocycles. The Balaban J connectivity index is 2.34. The lowest BCUT2D eigenvalue weighted by Gasteiger charge is -2.02. The van der Waals surface area contributed by atoms with Gasteiger partial charge in [0.1, 0.15) is 0 Å². The molecule has 0 fully saturated rings. The van der Waals surface area contributed by atoms with Gasteiger partial charge in [-0.05, 0) is 31.0 Å². The molecular weight excluding hydrogens is 206 g/mol. The molecule has 0 aromatic heterocycles. The van der Waals surface area contributed by atoms with Crippen LogP contribution in [0.3, 0.4) is 0 Å². The molecule has 0 aliphatic rings. The first kappa shape index (κ1) is 14.0. The topological polar surface area (TPSA) is 12.0 Å². The minimum Gasteiger partial charge on any atom is -0.316 e. The number of hydrogen-bond donors (Lipinski definition) is 1. The standard InChI is InChI=1S/C16H25N/c1-3-4-5-6-8-15-10-12-16(13-11-15)9-7-14-17-2/h7,9-13,17H,3-6,8,14H2,1-2H3. The van der Waals surface area contributed by atoms with Gasteiger partial charge in [0.15, 0.2) is 0 Å². The summed E-state index contributed by atoms with van der Waals surface area (Å²) in [5, 5.41) is 3.10. The normalized spacial score (nSPS) is 11.2. The van der Waals surface area contributed by atoms with E-state index in [0.717, 1.165) is 6.54 Å². The highest BCUT2D eigenvalue weighted by Crippen LogP contribution is 2.10. The number of aryl methyl sites for hydroxylation is 1. The average Bonchev–Trinajstić information content (AvgIpc) is 2.37. The average molecular weight is 231 g/mol. The lowest BCUT2D eigenvalue weighted by atomic mass is 10.0. The predicted octanol–water partition coefficient (Wildman–Crippen LogP) is 4.04. The van der Waals surface area contributed by atoms with Gasteiger partial charge in [-0.2, -0.15) is 0 Å². The fourth-order valence-corrected chi connectivity index (χ4v) is 1.86. The summed E-state index contributed by atoms with van der Waals surface area (Å²) in [6.07, 6.45) is 10.9. The largest absolute Gasteiger partial charge is 0.316 e. The number of nitrogens with one attached hydrogen (secondary N) is 1. The molecule has 0 spiro atoms. The van der Waals surface area contributed by atoms with Crippen molar-refractivity contribution in [1.29, 1.82) is 0 Å². The van der Waals surface area contributed by atoms with Crippen molar-refractivity contribution in [2.24, 2.45) is 0 Å². The Morgan fingerprint density at radius 3 is 2.47 bits per heavy atom. The molecule has 0 saturated heterocycles. The summed E-state index contributed by atoms with van der Waals surface area (Å²) >= 11 is 0. The fraction of sp³-hybridized carbons (Fsp3) is 0.500. The van der Waals surface area contributed by atoms with Crippen LogP contribution in [0, 0.1) is 0 Å². The van der Waals surface area contributed by atoms with E-state index in [0.29, 0.717) is 0 Å². The van der Waals surface area contributed by atoms with Gasteiger partial charge in [-0.25, -0.2) is 0 Å². The lowest BCUT2D eigenvalue weighted by Crippen LogP contribution is -2.03. The minimum absolute atomic E-state index is 0.929. The quantitative estimate of drug-likeness (QED) is 0.666. The first-order valence-electron chi connectivity index (χ1n) is 6.77. The van der Waals surface area contributed by atoms with E-state index in [-0.39, 0.29) is 0 Å². The molecular formula is C16H25N. The second-order valence-corrected chi connectivity index (χ2v) is 4.51. The van der Waals surface area contributed by atoms with E-state index < -0.39 is 0 Å². The maximum absolute atomic E-state index is 3.10. The van der Waals surface area contributed by atoms with Gasteiger partial charge in [-0.1, -0.05) is 62.6 Å². The Bertz CT molecular complexity index is 311. The lowest BCUT2D eigenvalue weighted by molar-refractivity contribution is 0.667. The molecule has 0 aliphatic heterocycles. The zero-order chi connectivity index (χ0) is 12.3. The van der Waals surface area contributed by atoms with Gasteiger partial charge >= 0.3 is 0 Å². The molecule has 0 atom stereocenters. The predicted molar refractivity (Wildman–Crippen MR) is 77.2 cm³/mol. The van der Waals surface area contributed by atoms with Crippen molar-refractivity contribution in [3.63, 3.8) is 0 Å². The third kappa shape index (κ3) is 6.28. The molecule has 0 radical (unpaired) electrons. The Hall–Kier alpha value is -1.08. The monoisotopic (exact) mass is 231 g/mol. The van der Waals surface area contributed by atoms with E-state index in [1.165, 1.54) is 43.2 Å². The van der Waals surface area contributed by atoms with E-state index in [4.69, 9.17) is 0 Å². The van der Waals surface area contributed by atoms with Gasteiger partial charge in [-0.15, -0.1) is 0 Å². The number of hydrogen-bond acceptors (Lipinski definition) is 1. The van der Waals surface area contributed by atoms with Gasteiger partial charge < -0.3 is 5.32 Å². The first-order chi connectivity index (χ1) is 8.36. The smallest absolute Gasteiger partial charge is 0.0135 e. The molecule has 1 aromatic carbocycles. The van der Waals surface area contributed by atoms with E-state index in [1.807, 2.05) is 7.05 Å². The highest BCUT2D eigenvalue weighted by molar-refractivity contribution is 5.49. The summed E-state index contributed by atoms with van der Waals surface area (Å²) in [7, 11) is 1.96. The summed E-state index contributed by atoms with van der Waals surface area (Å²) in [4.78, 5) is 0. The SMILES string of the molecule is CCCCCCc1ccc(C=CCNC)cc1. The molecule has 0 heterocycles. The number of likely N-dealkylation sites (N-methyl/N-ethyl adjacent to an activating group) is 1. The van der Waals surface area contributed by atoms with Crippen LogP contribution in [-0.4, -0.2) is 13.6 Å². The van der Waals surface area contributed by atoms with Crippen LogP contribution in [-0.2, 0) is 6.42 Å². The van der Waals surface area contributed by atoms with Crippen molar-refractivity contribution in [3.8, 4) is 0 Å². The summed E-state index contributed by atoms with van der Waals surface area (Å²) in [5.74, 6) is 0. The molecule has 1 nitrogen and oxygen atoms in total. The molecule has 1 aromatic rings. The second-order valence-electron chi connectivity index (χ2n) is 4.51. The Morgan fingerprint density at radius 1 is 1.06 bits per heavy atom. The van der Waals surface area contributed by atoms with Gasteiger partial charge in [0.05, 0.1) is 0 Å². The molecule has 0 bridgehead atoms. The third-order valence-corrected chi connectivity index (χ3v) is 2.93. The Kier molecular flexibility index (Phi) is 7.40. The van der Waals surface area contributed by atoms with Crippen molar-refractivity contribution in [1.82, 2.24) is 5.32 Å². The van der Waals surface area contributed by atoms with Crippen LogP contribution in [0.1, 0.15) is 43.7 Å². The fourth-order valence-electron chi connectivity index (χ4n) is 1.86. The maximum Gasteiger partial charge on any atom is 0.0135 e. The third-order valence-electron chi connectivity index (χ3n) is 2.93. The molecule has 17 heavy (non-hydrogen) atoms. The molecule has 0 aliphatic carbocycles. The van der Waals surface area contributed by atoms with Gasteiger partial charge in [0.25, 0.3) is 0 Å². The van der Waals surface area contributed by atoms with Crippen molar-refractivity contribution < 1.29 is 0 Å². The van der Waals surface area contributed by atoms with Gasteiger partial charge in [0, 0.05) is 6.54 Å². The molecule has 1 N–H and O–H groups in total. The second kappa shape index (κ2) is 9.00. The zero-order valence-electron chi connectivity index (χ0n) is 11.2. The highest BCUT2D eigenvalue weighted by atomic mass is 14.8. The van der Waals surface area contributed by atoms with Crippen LogP contribution in [0.4, 0.5) is 0 Å². The number of benzene rings is 1. The molecule has 0 amide bonds. The van der Waals surface area contributed by atoms with Crippen LogP contribution in [0.25, 0.3) is 6.08 Å². The Morgan fingerprint density at radius 2 is 1.82 bits per heavy atom. The summed E-state index contributed by atoms with van der Waals surface area (Å²) < 4.78 is 0. The molecule has 94 valence electrons. The van der Waals surface area contributed by atoms with E-state index in [1.54, 1.807) is 0 Å². The van der Waals surface area contributed by atoms with E-state index in [9.17, 15) is 0 Å². The first-order valence-corrected chi connectivity index (χ1v) is 6.77. The highest BCUT2D eigenvalue weighted by Gasteiger charge is 1.93. The van der Waals surface area contributed by atoms with Crippen molar-refractivity contribution >= 4 is 6.08 Å². The van der Waals surface area contributed by atoms with Crippen molar-refractivity contribution in [3.05, 3.63) is 41.5 Å². The van der Waals surface area contributed by atoms with Crippen LogP contribution in [0.5, 0.6) is 0 Å². The molecule has 1 rings (SSSR count). The number of rotatable bonds is 8. The van der Waals surface area contributed by atoms with Crippen LogP contribution < -0.4 is 5.32 Å². The maximum atomic E-state index is 3.10. The summed E-state index contributed by atoms with van der Waals surface area (Å²) in [5.41, 5.74) is 2.75. The van der Waals surface area contributed by atoms with Crippen LogP contribution in [0.2, 0.25) is 0 Å². The molecule has 1 heteroatoms. The van der Waals surface area contributed by atoms with Crippen molar-refractivity contribution in [2.75, 3.05) is 13.6 Å². The summed E-state index contributed by atoms with van der Waals surface area (Å²) in [6, 6.07) is 8.93. The van der Waals surface area contributed by atoms with Gasteiger partial charge in [0.2, 0.25) is 0 Å². The van der Waals surface area contributed by atoms with E-state index >= 15 is 0 Å². The van der Waals surface area contributed by atoms with Crippen molar-refractivity contribution in [2.45, 2.75) is 39.0 Å². The minimum atomic E-state index is 0.929. The van der Waals surface area contributed by atoms with Crippen LogP contribution >= 0.6 is 0 Å². The van der Waals surface area contributed by atoms with Crippen LogP contribution in [0.15, 0.2) is 30.3 Å². The number of unbranched alkanes of at least 4 members (excludes halogenated alkanes) is 3. The molecule has 0 unspecified atom stereocenters. The summed E-state index contributed by atoms with van der Waals surface area (Å²) in [6.45, 7) is 3.19. The zero-order valence-corrected chi connectivity index (χ0v) is 11.2.